The number of benzene rings is 1. The number of halogens is 1. The zero-order valence-corrected chi connectivity index (χ0v) is 18.9. The number of likely N-dealkylation sites (N-methyl/N-ethyl adjacent to an activating group) is 1. The van der Waals surface area contributed by atoms with Crippen molar-refractivity contribution >= 4 is 11.7 Å². The normalized spacial score (nSPS) is 30.5. The van der Waals surface area contributed by atoms with Gasteiger partial charge >= 0.3 is 0 Å². The molecule has 5 atom stereocenters. The highest BCUT2D eigenvalue weighted by atomic mass is 19.1. The number of carbonyl (C=O) groups is 2. The standard InChI is InChI=1S/C25H33FN2O3/c1-5-27(6-2)11-12-28-22(17-9-7-8-10-19(17)26)21-23(29)18-13-15(3)16(4)14-20(18)31-24(21)25(28)30/h7-10,15-16,18,20,22H,5-6,11-14H2,1-4H3. The minimum atomic E-state index is -0.720. The van der Waals surface area contributed by atoms with Crippen LogP contribution in [0.4, 0.5) is 4.39 Å². The Bertz CT molecular complexity index is 895. The van der Waals surface area contributed by atoms with Gasteiger partial charge in [-0.2, -0.15) is 0 Å². The van der Waals surface area contributed by atoms with Crippen molar-refractivity contribution in [1.29, 1.82) is 0 Å². The minimum Gasteiger partial charge on any atom is -0.483 e. The predicted molar refractivity (Wildman–Crippen MR) is 117 cm³/mol. The Morgan fingerprint density at radius 2 is 1.77 bits per heavy atom. The van der Waals surface area contributed by atoms with Crippen LogP contribution in [-0.4, -0.2) is 53.8 Å². The van der Waals surface area contributed by atoms with Gasteiger partial charge in [-0.3, -0.25) is 9.59 Å². The number of hydrogen-bond acceptors (Lipinski definition) is 4. The van der Waals surface area contributed by atoms with Gasteiger partial charge in [0.1, 0.15) is 11.9 Å². The van der Waals surface area contributed by atoms with E-state index >= 15 is 0 Å². The maximum atomic E-state index is 14.9. The lowest BCUT2D eigenvalue weighted by atomic mass is 9.70. The molecule has 2 heterocycles. The molecule has 1 aliphatic carbocycles. The SMILES string of the molecule is CCN(CC)CCN1C(=O)C2=C(C(=O)C3CC(C)C(C)CC3O2)C1c1ccccc1F. The third-order valence-electron chi connectivity index (χ3n) is 7.56. The third-order valence-corrected chi connectivity index (χ3v) is 7.56. The predicted octanol–water partition coefficient (Wildman–Crippen LogP) is 3.96. The Kier molecular flexibility index (Phi) is 6.20. The molecule has 0 saturated heterocycles. The number of amides is 1. The van der Waals surface area contributed by atoms with Crippen LogP contribution in [0.25, 0.3) is 0 Å². The Balaban J connectivity index is 1.73. The van der Waals surface area contributed by atoms with Crippen molar-refractivity contribution in [3.05, 3.63) is 47.0 Å². The maximum Gasteiger partial charge on any atom is 0.290 e. The van der Waals surface area contributed by atoms with Crippen molar-refractivity contribution < 1.29 is 18.7 Å². The molecule has 5 unspecified atom stereocenters. The smallest absolute Gasteiger partial charge is 0.290 e. The number of Topliss-reactive ketones (excluding diaryl/α,β-unsaturated/α-hetero) is 1. The lowest BCUT2D eigenvalue weighted by Gasteiger charge is -2.40. The zero-order chi connectivity index (χ0) is 22.3. The quantitative estimate of drug-likeness (QED) is 0.688. The van der Waals surface area contributed by atoms with E-state index in [-0.39, 0.29) is 29.5 Å². The Morgan fingerprint density at radius 1 is 1.10 bits per heavy atom. The number of carbonyl (C=O) groups excluding carboxylic acids is 2. The fourth-order valence-corrected chi connectivity index (χ4v) is 5.35. The van der Waals surface area contributed by atoms with Crippen molar-refractivity contribution in [2.75, 3.05) is 26.2 Å². The van der Waals surface area contributed by atoms with Gasteiger partial charge in [-0.25, -0.2) is 4.39 Å². The molecule has 1 aromatic carbocycles. The first kappa shape index (κ1) is 22.0. The molecule has 168 valence electrons. The highest BCUT2D eigenvalue weighted by Gasteiger charge is 2.53. The van der Waals surface area contributed by atoms with Crippen molar-refractivity contribution in [3.63, 3.8) is 0 Å². The fraction of sp³-hybridized carbons (Fsp3) is 0.600. The second kappa shape index (κ2) is 8.73. The van der Waals surface area contributed by atoms with Crippen LogP contribution in [-0.2, 0) is 14.3 Å². The first-order valence-electron chi connectivity index (χ1n) is 11.6. The number of ether oxygens (including phenoxy) is 1. The Hall–Kier alpha value is -2.21. The molecule has 1 amide bonds. The summed E-state index contributed by atoms with van der Waals surface area (Å²) in [7, 11) is 0. The summed E-state index contributed by atoms with van der Waals surface area (Å²) < 4.78 is 21.1. The molecular weight excluding hydrogens is 395 g/mol. The summed E-state index contributed by atoms with van der Waals surface area (Å²) >= 11 is 0. The van der Waals surface area contributed by atoms with E-state index in [2.05, 4.69) is 32.6 Å². The Morgan fingerprint density at radius 3 is 2.45 bits per heavy atom. The summed E-state index contributed by atoms with van der Waals surface area (Å²) in [6.45, 7) is 11.3. The van der Waals surface area contributed by atoms with Crippen molar-refractivity contribution in [2.24, 2.45) is 17.8 Å². The maximum absolute atomic E-state index is 14.9. The molecule has 3 aliphatic rings. The van der Waals surface area contributed by atoms with E-state index in [0.717, 1.165) is 25.9 Å². The van der Waals surface area contributed by atoms with Crippen LogP contribution in [0.3, 0.4) is 0 Å². The zero-order valence-electron chi connectivity index (χ0n) is 18.9. The van der Waals surface area contributed by atoms with Gasteiger partial charge in [-0.15, -0.1) is 0 Å². The minimum absolute atomic E-state index is 0.0306. The second-order valence-electron chi connectivity index (χ2n) is 9.25. The molecule has 6 heteroatoms. The van der Waals surface area contributed by atoms with E-state index in [0.29, 0.717) is 36.1 Å². The number of fused-ring (bicyclic) bond motifs is 1. The van der Waals surface area contributed by atoms with Crippen LogP contribution in [0.2, 0.25) is 0 Å². The van der Waals surface area contributed by atoms with Crippen LogP contribution in [0.1, 0.15) is 52.1 Å². The number of hydrogen-bond donors (Lipinski definition) is 0. The molecular formula is C25H33FN2O3. The van der Waals surface area contributed by atoms with Gasteiger partial charge in [0.25, 0.3) is 5.91 Å². The Labute approximate surface area is 184 Å². The summed E-state index contributed by atoms with van der Waals surface area (Å²) in [5.41, 5.74) is 0.727. The molecule has 4 rings (SSSR count). The average Bonchev–Trinajstić information content (AvgIpc) is 3.03. The summed E-state index contributed by atoms with van der Waals surface area (Å²) in [6.07, 6.45) is 1.26. The van der Waals surface area contributed by atoms with E-state index in [4.69, 9.17) is 4.74 Å². The van der Waals surface area contributed by atoms with E-state index < -0.39 is 11.9 Å². The fourth-order valence-electron chi connectivity index (χ4n) is 5.35. The molecule has 31 heavy (non-hydrogen) atoms. The molecule has 0 aromatic heterocycles. The van der Waals surface area contributed by atoms with Crippen LogP contribution < -0.4 is 0 Å². The molecule has 5 nitrogen and oxygen atoms in total. The molecule has 1 saturated carbocycles. The van der Waals surface area contributed by atoms with E-state index in [1.807, 2.05) is 0 Å². The number of ketones is 1. The lowest BCUT2D eigenvalue weighted by Crippen LogP contribution is -2.43. The molecule has 1 fully saturated rings. The van der Waals surface area contributed by atoms with Crippen LogP contribution in [0, 0.1) is 23.6 Å². The average molecular weight is 429 g/mol. The highest BCUT2D eigenvalue weighted by Crippen LogP contribution is 2.48. The lowest BCUT2D eigenvalue weighted by molar-refractivity contribution is -0.137. The first-order chi connectivity index (χ1) is 14.9. The summed E-state index contributed by atoms with van der Waals surface area (Å²) in [5.74, 6) is 0.0380. The van der Waals surface area contributed by atoms with Crippen molar-refractivity contribution in [3.8, 4) is 0 Å². The van der Waals surface area contributed by atoms with E-state index in [9.17, 15) is 14.0 Å². The van der Waals surface area contributed by atoms with Crippen molar-refractivity contribution in [1.82, 2.24) is 9.80 Å². The molecule has 1 aromatic rings. The van der Waals surface area contributed by atoms with E-state index in [1.165, 1.54) is 6.07 Å². The van der Waals surface area contributed by atoms with Gasteiger partial charge in [-0.05, 0) is 43.8 Å². The number of nitrogens with zero attached hydrogens (tertiary/aromatic N) is 2. The van der Waals surface area contributed by atoms with Gasteiger partial charge in [0.05, 0.1) is 17.5 Å². The largest absolute Gasteiger partial charge is 0.483 e. The molecule has 0 spiro atoms. The molecule has 0 bridgehead atoms. The van der Waals surface area contributed by atoms with Gasteiger partial charge in [-0.1, -0.05) is 45.9 Å². The highest BCUT2D eigenvalue weighted by molar-refractivity contribution is 6.11. The summed E-state index contributed by atoms with van der Waals surface area (Å²) in [6, 6.07) is 5.74. The van der Waals surface area contributed by atoms with Gasteiger partial charge in [0.15, 0.2) is 11.5 Å². The van der Waals surface area contributed by atoms with Crippen LogP contribution in [0.5, 0.6) is 0 Å². The first-order valence-corrected chi connectivity index (χ1v) is 11.6. The number of rotatable bonds is 6. The van der Waals surface area contributed by atoms with Crippen molar-refractivity contribution in [2.45, 2.75) is 52.7 Å². The van der Waals surface area contributed by atoms with Gasteiger partial charge < -0.3 is 14.5 Å². The topological polar surface area (TPSA) is 49.9 Å². The van der Waals surface area contributed by atoms with Crippen LogP contribution in [0.15, 0.2) is 35.6 Å². The monoisotopic (exact) mass is 428 g/mol. The van der Waals surface area contributed by atoms with Gasteiger partial charge in [0, 0.05) is 18.7 Å². The second-order valence-corrected chi connectivity index (χ2v) is 9.25. The van der Waals surface area contributed by atoms with Crippen LogP contribution >= 0.6 is 0 Å². The molecule has 0 N–H and O–H groups in total. The van der Waals surface area contributed by atoms with Gasteiger partial charge in [0.2, 0.25) is 0 Å². The van der Waals surface area contributed by atoms with E-state index in [1.54, 1.807) is 23.1 Å². The third kappa shape index (κ3) is 3.79. The summed E-state index contributed by atoms with van der Waals surface area (Å²) in [4.78, 5) is 31.0. The molecule has 2 aliphatic heterocycles. The summed E-state index contributed by atoms with van der Waals surface area (Å²) in [5, 5.41) is 0. The molecule has 0 radical (unpaired) electrons.